The van der Waals surface area contributed by atoms with Crippen LogP contribution in [0.4, 0.5) is 0 Å². The smallest absolute Gasteiger partial charge is 0.142 e. The minimum absolute atomic E-state index is 0.479. The Hall–Kier alpha value is -0.420. The van der Waals surface area contributed by atoms with Crippen LogP contribution in [0, 0.1) is 0 Å². The SMILES string of the molecule is CC.CCSCC(O)(CC)c1nc2cc(Cl)c(Cl)cc2n1C. The number of thioether (sulfide) groups is 1. The topological polar surface area (TPSA) is 38.1 Å². The van der Waals surface area contributed by atoms with Crippen molar-refractivity contribution in [2.75, 3.05) is 11.5 Å². The predicted octanol–water partition coefficient (Wildman–Crippen LogP) is 5.26. The molecule has 0 aliphatic carbocycles. The first-order valence-corrected chi connectivity index (χ1v) is 9.46. The van der Waals surface area contributed by atoms with Crippen LogP contribution in [0.3, 0.4) is 0 Å². The van der Waals surface area contributed by atoms with Gasteiger partial charge >= 0.3 is 0 Å². The van der Waals surface area contributed by atoms with E-state index in [2.05, 4.69) is 11.9 Å². The fraction of sp³-hybridized carbons (Fsp3) is 0.562. The molecule has 2 rings (SSSR count). The lowest BCUT2D eigenvalue weighted by molar-refractivity contribution is 0.0466. The van der Waals surface area contributed by atoms with Crippen LogP contribution in [0.15, 0.2) is 12.1 Å². The van der Waals surface area contributed by atoms with Gasteiger partial charge in [-0.1, -0.05) is 50.9 Å². The Balaban J connectivity index is 0.00000116. The summed E-state index contributed by atoms with van der Waals surface area (Å²) in [5.74, 6) is 2.25. The lowest BCUT2D eigenvalue weighted by Gasteiger charge is -2.25. The van der Waals surface area contributed by atoms with Crippen molar-refractivity contribution in [3.8, 4) is 0 Å². The van der Waals surface area contributed by atoms with Crippen LogP contribution in [-0.4, -0.2) is 26.2 Å². The van der Waals surface area contributed by atoms with E-state index in [0.717, 1.165) is 16.8 Å². The van der Waals surface area contributed by atoms with E-state index >= 15 is 0 Å². The Bertz CT molecular complexity index is 630. The zero-order valence-corrected chi connectivity index (χ0v) is 16.1. The Kier molecular flexibility index (Phi) is 7.53. The summed E-state index contributed by atoms with van der Waals surface area (Å²) in [5.41, 5.74) is 0.695. The first-order valence-electron chi connectivity index (χ1n) is 7.55. The highest BCUT2D eigenvalue weighted by molar-refractivity contribution is 7.99. The van der Waals surface area contributed by atoms with Crippen molar-refractivity contribution in [2.24, 2.45) is 7.05 Å². The number of hydrogen-bond acceptors (Lipinski definition) is 3. The molecule has 1 heterocycles. The van der Waals surface area contributed by atoms with Gasteiger partial charge in [-0.2, -0.15) is 11.8 Å². The summed E-state index contributed by atoms with van der Waals surface area (Å²) < 4.78 is 1.90. The quantitative estimate of drug-likeness (QED) is 0.788. The summed E-state index contributed by atoms with van der Waals surface area (Å²) >= 11 is 13.8. The maximum Gasteiger partial charge on any atom is 0.142 e. The molecular weight excluding hydrogens is 339 g/mol. The maximum atomic E-state index is 10.9. The fourth-order valence-electron chi connectivity index (χ4n) is 2.20. The van der Waals surface area contributed by atoms with Crippen molar-refractivity contribution < 1.29 is 5.11 Å². The van der Waals surface area contributed by atoms with E-state index in [9.17, 15) is 5.11 Å². The third kappa shape index (κ3) is 3.91. The molecule has 124 valence electrons. The second-order valence-corrected chi connectivity index (χ2v) is 6.86. The van der Waals surface area contributed by atoms with Gasteiger partial charge in [0, 0.05) is 12.8 Å². The molecule has 1 unspecified atom stereocenters. The number of halogens is 2. The molecule has 0 aliphatic rings. The average Bonchev–Trinajstić information content (AvgIpc) is 2.84. The second-order valence-electron chi connectivity index (χ2n) is 4.77. The lowest BCUT2D eigenvalue weighted by Crippen LogP contribution is -2.31. The van der Waals surface area contributed by atoms with Crippen molar-refractivity contribution in [3.05, 3.63) is 28.0 Å². The predicted molar refractivity (Wildman–Crippen MR) is 99.3 cm³/mol. The van der Waals surface area contributed by atoms with Crippen LogP contribution in [0.5, 0.6) is 0 Å². The Morgan fingerprint density at radius 1 is 1.23 bits per heavy atom. The number of aromatic nitrogens is 2. The van der Waals surface area contributed by atoms with Gasteiger partial charge in [-0.25, -0.2) is 4.98 Å². The Labute approximate surface area is 147 Å². The van der Waals surface area contributed by atoms with Crippen LogP contribution >= 0.6 is 35.0 Å². The molecule has 22 heavy (non-hydrogen) atoms. The van der Waals surface area contributed by atoms with Gasteiger partial charge in [0.15, 0.2) is 0 Å². The summed E-state index contributed by atoms with van der Waals surface area (Å²) in [4.78, 5) is 4.57. The molecule has 0 amide bonds. The van der Waals surface area contributed by atoms with Gasteiger partial charge in [0.25, 0.3) is 0 Å². The Morgan fingerprint density at radius 2 is 1.82 bits per heavy atom. The number of rotatable bonds is 5. The van der Waals surface area contributed by atoms with Crippen LogP contribution < -0.4 is 0 Å². The third-order valence-corrected chi connectivity index (χ3v) is 5.28. The van der Waals surface area contributed by atoms with Crippen LogP contribution in [0.1, 0.15) is 39.9 Å². The number of aliphatic hydroxyl groups is 1. The van der Waals surface area contributed by atoms with Crippen molar-refractivity contribution in [1.82, 2.24) is 9.55 Å². The minimum Gasteiger partial charge on any atom is -0.381 e. The van der Waals surface area contributed by atoms with Crippen molar-refractivity contribution >= 4 is 46.0 Å². The van der Waals surface area contributed by atoms with Gasteiger partial charge in [0.1, 0.15) is 11.4 Å². The maximum absolute atomic E-state index is 10.9. The zero-order chi connectivity index (χ0) is 16.9. The molecule has 0 spiro atoms. The molecule has 0 saturated carbocycles. The molecular formula is C16H24Cl2N2OS. The Morgan fingerprint density at radius 3 is 2.36 bits per heavy atom. The van der Waals surface area contributed by atoms with E-state index in [1.54, 1.807) is 23.9 Å². The highest BCUT2D eigenvalue weighted by Crippen LogP contribution is 2.33. The van der Waals surface area contributed by atoms with Gasteiger partial charge in [0.05, 0.1) is 21.1 Å². The van der Waals surface area contributed by atoms with Crippen molar-refractivity contribution in [1.29, 1.82) is 0 Å². The molecule has 0 aliphatic heterocycles. The number of benzene rings is 1. The first kappa shape index (κ1) is 19.6. The monoisotopic (exact) mass is 362 g/mol. The standard InChI is InChI=1S/C14H18Cl2N2OS.C2H6/c1-4-14(19,8-20-5-2)13-17-11-6-9(15)10(16)7-12(11)18(13)3;1-2/h6-7,19H,4-5,8H2,1-3H3;1-2H3. The molecule has 0 fully saturated rings. The molecule has 2 aromatic rings. The van der Waals surface area contributed by atoms with Gasteiger partial charge in [0.2, 0.25) is 0 Å². The molecule has 1 aromatic carbocycles. The van der Waals surface area contributed by atoms with Crippen LogP contribution in [0.2, 0.25) is 10.0 Å². The zero-order valence-electron chi connectivity index (χ0n) is 13.8. The summed E-state index contributed by atoms with van der Waals surface area (Å²) in [5, 5.41) is 11.8. The van der Waals surface area contributed by atoms with E-state index in [1.807, 2.05) is 32.4 Å². The highest BCUT2D eigenvalue weighted by Gasteiger charge is 2.32. The van der Waals surface area contributed by atoms with E-state index < -0.39 is 5.60 Å². The second kappa shape index (κ2) is 8.44. The largest absolute Gasteiger partial charge is 0.381 e. The van der Waals surface area contributed by atoms with E-state index in [-0.39, 0.29) is 0 Å². The van der Waals surface area contributed by atoms with Gasteiger partial charge in [-0.3, -0.25) is 0 Å². The van der Waals surface area contributed by atoms with Crippen LogP contribution in [0.25, 0.3) is 11.0 Å². The molecule has 1 atom stereocenters. The molecule has 6 heteroatoms. The molecule has 1 aromatic heterocycles. The molecule has 1 N–H and O–H groups in total. The number of fused-ring (bicyclic) bond motifs is 1. The van der Waals surface area contributed by atoms with Crippen molar-refractivity contribution in [2.45, 2.75) is 39.7 Å². The van der Waals surface area contributed by atoms with Crippen LogP contribution in [-0.2, 0) is 12.6 Å². The molecule has 0 saturated heterocycles. The number of aryl methyl sites for hydroxylation is 1. The lowest BCUT2D eigenvalue weighted by atomic mass is 10.0. The molecule has 3 nitrogen and oxygen atoms in total. The van der Waals surface area contributed by atoms with E-state index in [1.165, 1.54) is 0 Å². The average molecular weight is 363 g/mol. The fourth-order valence-corrected chi connectivity index (χ4v) is 3.39. The first-order chi connectivity index (χ1) is 10.4. The molecule has 0 bridgehead atoms. The van der Waals surface area contributed by atoms with E-state index in [0.29, 0.717) is 28.0 Å². The number of hydrogen-bond donors (Lipinski definition) is 1. The van der Waals surface area contributed by atoms with Gasteiger partial charge in [-0.15, -0.1) is 0 Å². The normalized spacial score (nSPS) is 13.6. The highest BCUT2D eigenvalue weighted by atomic mass is 35.5. The van der Waals surface area contributed by atoms with Crippen molar-refractivity contribution in [3.63, 3.8) is 0 Å². The number of nitrogens with zero attached hydrogens (tertiary/aromatic N) is 2. The summed E-state index contributed by atoms with van der Waals surface area (Å²) in [7, 11) is 1.89. The summed E-state index contributed by atoms with van der Waals surface area (Å²) in [6, 6.07) is 3.53. The summed E-state index contributed by atoms with van der Waals surface area (Å²) in [6.07, 6.45) is 0.610. The van der Waals surface area contributed by atoms with Gasteiger partial charge in [-0.05, 0) is 24.3 Å². The summed E-state index contributed by atoms with van der Waals surface area (Å²) in [6.45, 7) is 8.05. The minimum atomic E-state index is -0.937. The van der Waals surface area contributed by atoms with Gasteiger partial charge < -0.3 is 9.67 Å². The number of imidazole rings is 1. The van der Waals surface area contributed by atoms with E-state index in [4.69, 9.17) is 23.2 Å². The molecule has 0 radical (unpaired) electrons. The third-order valence-electron chi connectivity index (χ3n) is 3.47.